The number of pyridine rings is 1. The molecule has 30 heavy (non-hydrogen) atoms. The molecule has 0 aliphatic carbocycles. The summed E-state index contributed by atoms with van der Waals surface area (Å²) < 4.78 is 40.1. The molecule has 1 saturated heterocycles. The zero-order chi connectivity index (χ0) is 21.8. The van der Waals surface area contributed by atoms with E-state index in [2.05, 4.69) is 19.9 Å². The molecule has 1 aliphatic rings. The van der Waals surface area contributed by atoms with E-state index in [4.69, 9.17) is 0 Å². The summed E-state index contributed by atoms with van der Waals surface area (Å²) in [4.78, 5) is 16.7. The molecule has 2 aromatic heterocycles. The number of halogens is 3. The molecule has 0 N–H and O–H groups in total. The maximum absolute atomic E-state index is 13.4. The highest BCUT2D eigenvalue weighted by Crippen LogP contribution is 2.34. The van der Waals surface area contributed by atoms with Crippen LogP contribution < -0.4 is 4.90 Å². The van der Waals surface area contributed by atoms with Crippen LogP contribution in [0, 0.1) is 0 Å². The zero-order valence-corrected chi connectivity index (χ0v) is 18.4. The molecule has 0 atom stereocenters. The molecule has 0 saturated carbocycles. The maximum Gasteiger partial charge on any atom is 0.433 e. The smallest absolute Gasteiger partial charge is 0.369 e. The first-order valence-corrected chi connectivity index (χ1v) is 11.1. The molecule has 3 heterocycles. The molecule has 2 aromatic rings. The third kappa shape index (κ3) is 6.31. The molecule has 0 spiro atoms. The van der Waals surface area contributed by atoms with E-state index in [0.717, 1.165) is 37.0 Å². The molecular weight excluding hydrogens is 411 g/mol. The van der Waals surface area contributed by atoms with Crippen molar-refractivity contribution in [2.75, 3.05) is 43.4 Å². The summed E-state index contributed by atoms with van der Waals surface area (Å²) >= 11 is 1.64. The monoisotopic (exact) mass is 439 g/mol. The van der Waals surface area contributed by atoms with E-state index in [0.29, 0.717) is 24.5 Å². The van der Waals surface area contributed by atoms with Gasteiger partial charge in [-0.25, -0.2) is 15.0 Å². The van der Waals surface area contributed by atoms with Crippen LogP contribution in [0.1, 0.15) is 38.6 Å². The molecule has 5 nitrogen and oxygen atoms in total. The lowest BCUT2D eigenvalue weighted by Gasteiger charge is -2.36. The molecule has 0 bridgehead atoms. The minimum absolute atomic E-state index is 0.446. The average Bonchev–Trinajstić information content (AvgIpc) is 2.71. The fraction of sp³-hybridized carbons (Fsp3) is 0.571. The lowest BCUT2D eigenvalue weighted by molar-refractivity contribution is -0.141. The quantitative estimate of drug-likeness (QED) is 0.375. The number of hydrogen-bond acceptors (Lipinski definition) is 6. The zero-order valence-electron chi connectivity index (χ0n) is 17.6. The minimum atomic E-state index is -4.45. The summed E-state index contributed by atoms with van der Waals surface area (Å²) in [5.74, 6) is 0.943. The Balaban J connectivity index is 1.55. The Morgan fingerprint density at radius 1 is 0.967 bits per heavy atom. The van der Waals surface area contributed by atoms with Gasteiger partial charge in [0.2, 0.25) is 0 Å². The van der Waals surface area contributed by atoms with Gasteiger partial charge < -0.3 is 4.90 Å². The first kappa shape index (κ1) is 22.8. The van der Waals surface area contributed by atoms with Crippen LogP contribution in [0.2, 0.25) is 0 Å². The van der Waals surface area contributed by atoms with Gasteiger partial charge in [0, 0.05) is 61.1 Å². The van der Waals surface area contributed by atoms with E-state index in [1.165, 1.54) is 6.07 Å². The molecule has 164 valence electrons. The minimum Gasteiger partial charge on any atom is -0.369 e. The highest BCUT2D eigenvalue weighted by molar-refractivity contribution is 7.99. The largest absolute Gasteiger partial charge is 0.433 e. The van der Waals surface area contributed by atoms with Gasteiger partial charge in [0.1, 0.15) is 5.69 Å². The van der Waals surface area contributed by atoms with E-state index in [-0.39, 0.29) is 0 Å². The number of aromatic nitrogens is 3. The number of piperazine rings is 1. The molecule has 1 fully saturated rings. The Bertz CT molecular complexity index is 783. The number of hydrogen-bond donors (Lipinski definition) is 0. The Morgan fingerprint density at radius 3 is 2.20 bits per heavy atom. The lowest BCUT2D eigenvalue weighted by atomic mass is 9.91. The van der Waals surface area contributed by atoms with Crippen LogP contribution >= 0.6 is 11.8 Å². The van der Waals surface area contributed by atoms with Gasteiger partial charge >= 0.3 is 6.18 Å². The highest BCUT2D eigenvalue weighted by Gasteiger charge is 2.35. The van der Waals surface area contributed by atoms with Crippen molar-refractivity contribution in [3.05, 3.63) is 42.0 Å². The third-order valence-electron chi connectivity index (χ3n) is 5.00. The Kier molecular flexibility index (Phi) is 7.23. The third-order valence-corrected chi connectivity index (χ3v) is 5.96. The Hall–Kier alpha value is -1.87. The van der Waals surface area contributed by atoms with Crippen molar-refractivity contribution < 1.29 is 13.2 Å². The average molecular weight is 440 g/mol. The van der Waals surface area contributed by atoms with Crippen LogP contribution in [0.3, 0.4) is 0 Å². The number of rotatable bonds is 6. The fourth-order valence-electron chi connectivity index (χ4n) is 3.27. The van der Waals surface area contributed by atoms with Gasteiger partial charge in [0.25, 0.3) is 0 Å². The van der Waals surface area contributed by atoms with Gasteiger partial charge in [-0.1, -0.05) is 32.5 Å². The molecule has 0 amide bonds. The van der Waals surface area contributed by atoms with Gasteiger partial charge in [0.15, 0.2) is 5.16 Å². The van der Waals surface area contributed by atoms with Crippen LogP contribution in [-0.2, 0) is 11.6 Å². The Morgan fingerprint density at radius 2 is 1.60 bits per heavy atom. The fourth-order valence-corrected chi connectivity index (χ4v) is 4.00. The molecule has 9 heteroatoms. The van der Waals surface area contributed by atoms with Crippen molar-refractivity contribution >= 4 is 17.4 Å². The normalized spacial score (nSPS) is 16.1. The van der Waals surface area contributed by atoms with Gasteiger partial charge in [-0.05, 0) is 31.2 Å². The molecule has 1 aliphatic heterocycles. The van der Waals surface area contributed by atoms with Crippen molar-refractivity contribution in [2.24, 2.45) is 0 Å². The van der Waals surface area contributed by atoms with Crippen molar-refractivity contribution in [3.8, 4) is 0 Å². The molecule has 0 unspecified atom stereocenters. The number of alkyl halides is 3. The van der Waals surface area contributed by atoms with E-state index >= 15 is 0 Å². The summed E-state index contributed by atoms with van der Waals surface area (Å²) in [6.45, 7) is 9.70. The predicted molar refractivity (Wildman–Crippen MR) is 114 cm³/mol. The molecule has 0 aromatic carbocycles. The summed E-state index contributed by atoms with van der Waals surface area (Å²) in [6.07, 6.45) is 0.0500. The summed E-state index contributed by atoms with van der Waals surface area (Å²) in [7, 11) is 0. The molecule has 3 rings (SSSR count). The second kappa shape index (κ2) is 9.51. The summed E-state index contributed by atoms with van der Waals surface area (Å²) in [5, 5.41) is 0.787. The van der Waals surface area contributed by atoms with Crippen molar-refractivity contribution in [1.29, 1.82) is 0 Å². The van der Waals surface area contributed by atoms with Gasteiger partial charge in [-0.2, -0.15) is 13.2 Å². The van der Waals surface area contributed by atoms with E-state index in [1.807, 2.05) is 25.7 Å². The molecule has 0 radical (unpaired) electrons. The van der Waals surface area contributed by atoms with Gasteiger partial charge in [0.05, 0.1) is 0 Å². The standard InChI is InChI=1S/C21H28F3N5S/c1-20(2,3)17-14-16(15-18(27-17)21(22,23)24)29-11-9-28(10-12-29)8-5-13-30-19-25-6-4-7-26-19/h4,6-7,14-15H,5,8-13H2,1-3H3. The van der Waals surface area contributed by atoms with E-state index in [9.17, 15) is 13.2 Å². The topological polar surface area (TPSA) is 45.2 Å². The maximum atomic E-state index is 13.4. The van der Waals surface area contributed by atoms with Crippen LogP contribution in [0.4, 0.5) is 18.9 Å². The first-order valence-electron chi connectivity index (χ1n) is 10.1. The van der Waals surface area contributed by atoms with Crippen molar-refractivity contribution in [2.45, 2.75) is 43.9 Å². The van der Waals surface area contributed by atoms with Crippen molar-refractivity contribution in [3.63, 3.8) is 0 Å². The first-order chi connectivity index (χ1) is 14.1. The van der Waals surface area contributed by atoms with Crippen LogP contribution in [0.5, 0.6) is 0 Å². The van der Waals surface area contributed by atoms with Crippen LogP contribution in [0.25, 0.3) is 0 Å². The number of anilines is 1. The van der Waals surface area contributed by atoms with Gasteiger partial charge in [-0.3, -0.25) is 4.90 Å². The number of nitrogens with zero attached hydrogens (tertiary/aromatic N) is 5. The summed E-state index contributed by atoms with van der Waals surface area (Å²) in [5.41, 5.74) is -0.182. The van der Waals surface area contributed by atoms with E-state index < -0.39 is 17.3 Å². The summed E-state index contributed by atoms with van der Waals surface area (Å²) in [6, 6.07) is 4.79. The highest BCUT2D eigenvalue weighted by atomic mass is 32.2. The van der Waals surface area contributed by atoms with Crippen LogP contribution in [0.15, 0.2) is 35.7 Å². The molecular formula is C21H28F3N5S. The van der Waals surface area contributed by atoms with Crippen LogP contribution in [-0.4, -0.2) is 58.3 Å². The Labute approximate surface area is 180 Å². The van der Waals surface area contributed by atoms with E-state index in [1.54, 1.807) is 36.3 Å². The van der Waals surface area contributed by atoms with Gasteiger partial charge in [-0.15, -0.1) is 0 Å². The lowest BCUT2D eigenvalue weighted by Crippen LogP contribution is -2.46. The second-order valence-electron chi connectivity index (χ2n) is 8.41. The second-order valence-corrected chi connectivity index (χ2v) is 9.47. The SMILES string of the molecule is CC(C)(C)c1cc(N2CCN(CCCSc3ncccn3)CC2)cc(C(F)(F)F)n1. The number of thioether (sulfide) groups is 1. The predicted octanol–water partition coefficient (Wildman–Crippen LogP) is 4.49. The van der Waals surface area contributed by atoms with Crippen molar-refractivity contribution in [1.82, 2.24) is 19.9 Å².